The lowest BCUT2D eigenvalue weighted by Gasteiger charge is -2.41. The molecule has 0 spiro atoms. The van der Waals surface area contributed by atoms with Gasteiger partial charge in [-0.1, -0.05) is 19.3 Å². The molecular weight excluding hydrogens is 264 g/mol. The van der Waals surface area contributed by atoms with Gasteiger partial charge in [0.15, 0.2) is 0 Å². The topological polar surface area (TPSA) is 50.4 Å². The number of carbonyl (C=O) groups is 1. The fraction of sp³-hybridized carbons (Fsp3) is 0.941. The van der Waals surface area contributed by atoms with Gasteiger partial charge in [-0.2, -0.15) is 0 Å². The summed E-state index contributed by atoms with van der Waals surface area (Å²) in [6.07, 6.45) is 9.32. The highest BCUT2D eigenvalue weighted by Gasteiger charge is 2.37. The van der Waals surface area contributed by atoms with Crippen molar-refractivity contribution in [3.63, 3.8) is 0 Å². The van der Waals surface area contributed by atoms with Crippen molar-refractivity contribution in [3.8, 4) is 0 Å². The second-order valence-corrected chi connectivity index (χ2v) is 7.88. The summed E-state index contributed by atoms with van der Waals surface area (Å²) >= 11 is 0. The minimum absolute atomic E-state index is 0.0374. The van der Waals surface area contributed by atoms with Crippen LogP contribution in [-0.4, -0.2) is 30.3 Å². The summed E-state index contributed by atoms with van der Waals surface area (Å²) in [6, 6.07) is 0. The van der Waals surface area contributed by atoms with Gasteiger partial charge in [-0.25, -0.2) is 4.79 Å². The summed E-state index contributed by atoms with van der Waals surface area (Å²) in [5, 5.41) is 6.74. The van der Waals surface area contributed by atoms with Crippen LogP contribution in [0.2, 0.25) is 0 Å². The van der Waals surface area contributed by atoms with Crippen LogP contribution in [0.25, 0.3) is 0 Å². The zero-order valence-corrected chi connectivity index (χ0v) is 14.0. The maximum Gasteiger partial charge on any atom is 0.408 e. The summed E-state index contributed by atoms with van der Waals surface area (Å²) in [4.78, 5) is 12.2. The average Bonchev–Trinajstić information content (AvgIpc) is 2.38. The number of piperidine rings is 1. The van der Waals surface area contributed by atoms with Crippen LogP contribution in [-0.2, 0) is 4.74 Å². The molecule has 1 saturated carbocycles. The molecule has 2 fully saturated rings. The SMILES string of the molecule is CC(C)(C)OC(=O)NC1(CC2CCCNC2)CCCCC1. The number of amides is 1. The van der Waals surface area contributed by atoms with Gasteiger partial charge in [-0.3, -0.25) is 0 Å². The number of rotatable bonds is 3. The van der Waals surface area contributed by atoms with Gasteiger partial charge in [0.05, 0.1) is 0 Å². The van der Waals surface area contributed by atoms with E-state index in [-0.39, 0.29) is 11.6 Å². The van der Waals surface area contributed by atoms with E-state index in [1.54, 1.807) is 0 Å². The van der Waals surface area contributed by atoms with E-state index in [0.717, 1.165) is 32.4 Å². The molecule has 1 atom stereocenters. The fourth-order valence-corrected chi connectivity index (χ4v) is 3.78. The third-order valence-corrected chi connectivity index (χ3v) is 4.66. The van der Waals surface area contributed by atoms with Gasteiger partial charge in [-0.05, 0) is 71.9 Å². The van der Waals surface area contributed by atoms with Crippen LogP contribution < -0.4 is 10.6 Å². The summed E-state index contributed by atoms with van der Waals surface area (Å²) in [7, 11) is 0. The third-order valence-electron chi connectivity index (χ3n) is 4.66. The Morgan fingerprint density at radius 2 is 1.95 bits per heavy atom. The Morgan fingerprint density at radius 3 is 2.52 bits per heavy atom. The minimum Gasteiger partial charge on any atom is -0.444 e. The molecule has 2 rings (SSSR count). The summed E-state index contributed by atoms with van der Waals surface area (Å²) in [6.45, 7) is 8.00. The van der Waals surface area contributed by atoms with Gasteiger partial charge in [0.1, 0.15) is 5.60 Å². The van der Waals surface area contributed by atoms with Crippen molar-refractivity contribution < 1.29 is 9.53 Å². The van der Waals surface area contributed by atoms with Crippen molar-refractivity contribution in [1.82, 2.24) is 10.6 Å². The Bertz CT molecular complexity index is 337. The van der Waals surface area contributed by atoms with E-state index in [1.807, 2.05) is 20.8 Å². The summed E-state index contributed by atoms with van der Waals surface area (Å²) in [5.41, 5.74) is -0.462. The van der Waals surface area contributed by atoms with Crippen LogP contribution in [0.4, 0.5) is 4.79 Å². The van der Waals surface area contributed by atoms with Crippen LogP contribution in [0.15, 0.2) is 0 Å². The lowest BCUT2D eigenvalue weighted by Crippen LogP contribution is -2.53. The highest BCUT2D eigenvalue weighted by molar-refractivity contribution is 5.68. The number of carbonyl (C=O) groups excluding carboxylic acids is 1. The van der Waals surface area contributed by atoms with Crippen molar-refractivity contribution in [2.24, 2.45) is 5.92 Å². The Hall–Kier alpha value is -0.770. The summed E-state index contributed by atoms with van der Waals surface area (Å²) in [5.74, 6) is 0.687. The first-order valence-corrected chi connectivity index (χ1v) is 8.60. The normalized spacial score (nSPS) is 26.1. The summed E-state index contributed by atoms with van der Waals surface area (Å²) < 4.78 is 5.49. The van der Waals surface area contributed by atoms with Gasteiger partial charge < -0.3 is 15.4 Å². The minimum atomic E-state index is -0.424. The Morgan fingerprint density at radius 1 is 1.24 bits per heavy atom. The molecule has 4 heteroatoms. The first kappa shape index (κ1) is 16.6. The third kappa shape index (κ3) is 5.50. The molecular formula is C17H32N2O2. The molecule has 1 aliphatic heterocycles. The molecule has 0 aromatic heterocycles. The van der Waals surface area contributed by atoms with E-state index < -0.39 is 5.60 Å². The first-order chi connectivity index (χ1) is 9.89. The molecule has 1 saturated heterocycles. The molecule has 0 radical (unpaired) electrons. The van der Waals surface area contributed by atoms with Crippen LogP contribution >= 0.6 is 0 Å². The van der Waals surface area contributed by atoms with Gasteiger partial charge in [0.25, 0.3) is 0 Å². The van der Waals surface area contributed by atoms with E-state index in [1.165, 1.54) is 32.1 Å². The highest BCUT2D eigenvalue weighted by atomic mass is 16.6. The Balaban J connectivity index is 1.97. The molecule has 21 heavy (non-hydrogen) atoms. The number of hydrogen-bond acceptors (Lipinski definition) is 3. The van der Waals surface area contributed by atoms with Crippen molar-refractivity contribution in [1.29, 1.82) is 0 Å². The van der Waals surface area contributed by atoms with Gasteiger partial charge in [-0.15, -0.1) is 0 Å². The smallest absolute Gasteiger partial charge is 0.408 e. The van der Waals surface area contributed by atoms with Crippen LogP contribution in [0.3, 0.4) is 0 Å². The Kier molecular flexibility index (Phi) is 5.53. The van der Waals surface area contributed by atoms with Crippen LogP contribution in [0.1, 0.15) is 72.1 Å². The number of ether oxygens (including phenoxy) is 1. The van der Waals surface area contributed by atoms with Crippen molar-refractivity contribution >= 4 is 6.09 Å². The largest absolute Gasteiger partial charge is 0.444 e. The van der Waals surface area contributed by atoms with Gasteiger partial charge in [0.2, 0.25) is 0 Å². The molecule has 0 bridgehead atoms. The van der Waals surface area contributed by atoms with Crippen molar-refractivity contribution in [2.45, 2.75) is 83.3 Å². The molecule has 1 heterocycles. The number of hydrogen-bond donors (Lipinski definition) is 2. The number of nitrogens with one attached hydrogen (secondary N) is 2. The highest BCUT2D eigenvalue weighted by Crippen LogP contribution is 2.35. The van der Waals surface area contributed by atoms with Crippen LogP contribution in [0.5, 0.6) is 0 Å². The molecule has 122 valence electrons. The number of alkyl carbamates (subject to hydrolysis) is 1. The van der Waals surface area contributed by atoms with Gasteiger partial charge >= 0.3 is 6.09 Å². The standard InChI is InChI=1S/C17H32N2O2/c1-16(2,3)21-15(20)19-17(9-5-4-6-10-17)12-14-8-7-11-18-13-14/h14,18H,4-13H2,1-3H3,(H,19,20). The van der Waals surface area contributed by atoms with E-state index in [4.69, 9.17) is 4.74 Å². The maximum absolute atomic E-state index is 12.2. The predicted octanol–water partition coefficient (Wildman–Crippen LogP) is 3.60. The molecule has 0 aromatic carbocycles. The molecule has 4 nitrogen and oxygen atoms in total. The van der Waals surface area contributed by atoms with Gasteiger partial charge in [0, 0.05) is 5.54 Å². The van der Waals surface area contributed by atoms with E-state index >= 15 is 0 Å². The molecule has 1 amide bonds. The Labute approximate surface area is 129 Å². The van der Waals surface area contributed by atoms with E-state index in [2.05, 4.69) is 10.6 Å². The van der Waals surface area contributed by atoms with E-state index in [0.29, 0.717) is 5.92 Å². The first-order valence-electron chi connectivity index (χ1n) is 8.60. The van der Waals surface area contributed by atoms with E-state index in [9.17, 15) is 4.79 Å². The maximum atomic E-state index is 12.2. The lowest BCUT2D eigenvalue weighted by atomic mass is 9.74. The molecule has 0 aromatic rings. The fourth-order valence-electron chi connectivity index (χ4n) is 3.78. The monoisotopic (exact) mass is 296 g/mol. The molecule has 1 aliphatic carbocycles. The average molecular weight is 296 g/mol. The molecule has 2 N–H and O–H groups in total. The predicted molar refractivity (Wildman–Crippen MR) is 85.4 cm³/mol. The van der Waals surface area contributed by atoms with Crippen LogP contribution in [0, 0.1) is 5.92 Å². The second-order valence-electron chi connectivity index (χ2n) is 7.88. The lowest BCUT2D eigenvalue weighted by molar-refractivity contribution is 0.0393. The second kappa shape index (κ2) is 6.99. The molecule has 1 unspecified atom stereocenters. The van der Waals surface area contributed by atoms with Crippen molar-refractivity contribution in [2.75, 3.05) is 13.1 Å². The molecule has 2 aliphatic rings. The zero-order chi connectivity index (χ0) is 15.3. The zero-order valence-electron chi connectivity index (χ0n) is 14.0. The quantitative estimate of drug-likeness (QED) is 0.836. The van der Waals surface area contributed by atoms with Crippen molar-refractivity contribution in [3.05, 3.63) is 0 Å².